The van der Waals surface area contributed by atoms with Crippen molar-refractivity contribution < 1.29 is 27.3 Å². The van der Waals surface area contributed by atoms with Crippen LogP contribution >= 0.6 is 0 Å². The summed E-state index contributed by atoms with van der Waals surface area (Å²) in [4.78, 5) is 10.5. The lowest BCUT2D eigenvalue weighted by atomic mass is 10.1. The van der Waals surface area contributed by atoms with Gasteiger partial charge in [-0.2, -0.15) is 13.2 Å². The highest BCUT2D eigenvalue weighted by Gasteiger charge is 2.45. The zero-order chi connectivity index (χ0) is 13.1. The molecule has 0 aromatic heterocycles. The van der Waals surface area contributed by atoms with Crippen molar-refractivity contribution in [3.63, 3.8) is 0 Å². The molecule has 0 aromatic carbocycles. The highest BCUT2D eigenvalue weighted by atomic mass is 32.2. The molecular weight excluding hydrogens is 257 g/mol. The van der Waals surface area contributed by atoms with Crippen LogP contribution in [-0.4, -0.2) is 33.0 Å². The molecule has 7 heteroatoms. The number of rotatable bonds is 7. The standard InChI is InChI=1S/C10H15F3O3S/c11-10(12,13)2-1-5-17(16)7-9(3-4-9)6-8(14)15/h1-7H2,(H,14,15). The third kappa shape index (κ3) is 6.05. The smallest absolute Gasteiger partial charge is 0.389 e. The van der Waals surface area contributed by atoms with Gasteiger partial charge in [-0.3, -0.25) is 9.00 Å². The molecule has 1 atom stereocenters. The van der Waals surface area contributed by atoms with E-state index in [1.807, 2.05) is 0 Å². The first-order chi connectivity index (χ1) is 7.72. The van der Waals surface area contributed by atoms with Crippen molar-refractivity contribution in [2.24, 2.45) is 5.41 Å². The van der Waals surface area contributed by atoms with Crippen LogP contribution in [0, 0.1) is 5.41 Å². The molecule has 0 aliphatic heterocycles. The number of halogens is 3. The van der Waals surface area contributed by atoms with E-state index in [2.05, 4.69) is 0 Å². The summed E-state index contributed by atoms with van der Waals surface area (Å²) in [6.45, 7) is 0. The maximum atomic E-state index is 11.9. The molecule has 1 aliphatic carbocycles. The molecule has 100 valence electrons. The van der Waals surface area contributed by atoms with E-state index < -0.39 is 34.8 Å². The van der Waals surface area contributed by atoms with Crippen LogP contribution in [0.4, 0.5) is 13.2 Å². The average molecular weight is 272 g/mol. The fourth-order valence-corrected chi connectivity index (χ4v) is 3.40. The zero-order valence-electron chi connectivity index (χ0n) is 9.26. The van der Waals surface area contributed by atoms with Crippen LogP contribution in [-0.2, 0) is 15.6 Å². The predicted octanol–water partition coefficient (Wildman–Crippen LogP) is 2.33. The molecule has 1 N–H and O–H groups in total. The first kappa shape index (κ1) is 14.5. The summed E-state index contributed by atoms with van der Waals surface area (Å²) in [5, 5.41) is 8.64. The van der Waals surface area contributed by atoms with Gasteiger partial charge < -0.3 is 5.11 Å². The number of carboxylic acid groups (broad SMARTS) is 1. The normalized spacial score (nSPS) is 19.9. The second-order valence-electron chi connectivity index (χ2n) is 4.58. The van der Waals surface area contributed by atoms with Crippen LogP contribution in [0.25, 0.3) is 0 Å². The van der Waals surface area contributed by atoms with Gasteiger partial charge in [0.15, 0.2) is 0 Å². The number of alkyl halides is 3. The largest absolute Gasteiger partial charge is 0.481 e. The van der Waals surface area contributed by atoms with Crippen LogP contribution < -0.4 is 0 Å². The van der Waals surface area contributed by atoms with Gasteiger partial charge >= 0.3 is 12.1 Å². The molecule has 17 heavy (non-hydrogen) atoms. The number of carbonyl (C=O) groups is 1. The summed E-state index contributed by atoms with van der Waals surface area (Å²) in [6.07, 6.45) is -3.89. The molecule has 0 heterocycles. The Balaban J connectivity index is 2.24. The predicted molar refractivity (Wildman–Crippen MR) is 57.1 cm³/mol. The first-order valence-corrected chi connectivity index (χ1v) is 6.85. The lowest BCUT2D eigenvalue weighted by molar-refractivity contribution is -0.138. The SMILES string of the molecule is O=C(O)CC1(CS(=O)CCCC(F)(F)F)CC1. The summed E-state index contributed by atoms with van der Waals surface area (Å²) in [5.41, 5.74) is -0.408. The van der Waals surface area contributed by atoms with Crippen molar-refractivity contribution in [3.8, 4) is 0 Å². The van der Waals surface area contributed by atoms with Crippen LogP contribution in [0.5, 0.6) is 0 Å². The van der Waals surface area contributed by atoms with Crippen LogP contribution in [0.15, 0.2) is 0 Å². The Bertz CT molecular complexity index is 310. The Morgan fingerprint density at radius 3 is 2.35 bits per heavy atom. The molecule has 0 bridgehead atoms. The minimum atomic E-state index is -4.21. The van der Waals surface area contributed by atoms with Crippen molar-refractivity contribution in [1.29, 1.82) is 0 Å². The Hall–Kier alpha value is -0.590. The summed E-state index contributed by atoms with van der Waals surface area (Å²) >= 11 is 0. The third-order valence-electron chi connectivity index (χ3n) is 2.78. The Kier molecular flexibility index (Phi) is 4.57. The molecule has 0 aromatic rings. The number of hydrogen-bond acceptors (Lipinski definition) is 2. The molecule has 0 radical (unpaired) electrons. The van der Waals surface area contributed by atoms with Gasteiger partial charge in [-0.05, 0) is 24.7 Å². The molecule has 0 amide bonds. The third-order valence-corrected chi connectivity index (χ3v) is 4.46. The minimum absolute atomic E-state index is 0.000872. The molecule has 1 unspecified atom stereocenters. The van der Waals surface area contributed by atoms with E-state index in [1.54, 1.807) is 0 Å². The van der Waals surface area contributed by atoms with Gasteiger partial charge in [0, 0.05) is 28.7 Å². The lowest BCUT2D eigenvalue weighted by Crippen LogP contribution is -2.19. The van der Waals surface area contributed by atoms with Gasteiger partial charge in [-0.15, -0.1) is 0 Å². The quantitative estimate of drug-likeness (QED) is 0.774. The minimum Gasteiger partial charge on any atom is -0.481 e. The zero-order valence-corrected chi connectivity index (χ0v) is 10.1. The summed E-state index contributed by atoms with van der Waals surface area (Å²) in [5.74, 6) is -0.715. The Labute approximate surface area is 99.8 Å². The monoisotopic (exact) mass is 272 g/mol. The van der Waals surface area contributed by atoms with E-state index in [-0.39, 0.29) is 24.3 Å². The molecule has 1 saturated carbocycles. The lowest BCUT2D eigenvalue weighted by Gasteiger charge is -2.12. The fourth-order valence-electron chi connectivity index (χ4n) is 1.72. The second kappa shape index (κ2) is 5.37. The van der Waals surface area contributed by atoms with E-state index in [4.69, 9.17) is 5.11 Å². The second-order valence-corrected chi connectivity index (χ2v) is 6.15. The van der Waals surface area contributed by atoms with Crippen LogP contribution in [0.3, 0.4) is 0 Å². The van der Waals surface area contributed by atoms with Gasteiger partial charge in [-0.1, -0.05) is 0 Å². The van der Waals surface area contributed by atoms with E-state index in [0.29, 0.717) is 12.8 Å². The molecule has 3 nitrogen and oxygen atoms in total. The Morgan fingerprint density at radius 2 is 1.94 bits per heavy atom. The first-order valence-electron chi connectivity index (χ1n) is 5.36. The molecule has 0 saturated heterocycles. The van der Waals surface area contributed by atoms with Crippen LogP contribution in [0.1, 0.15) is 32.1 Å². The van der Waals surface area contributed by atoms with Crippen molar-refractivity contribution in [1.82, 2.24) is 0 Å². The van der Waals surface area contributed by atoms with Gasteiger partial charge in [0.25, 0.3) is 0 Å². The van der Waals surface area contributed by atoms with Gasteiger partial charge in [0.2, 0.25) is 0 Å². The maximum Gasteiger partial charge on any atom is 0.389 e. The van der Waals surface area contributed by atoms with Crippen LogP contribution in [0.2, 0.25) is 0 Å². The summed E-state index contributed by atoms with van der Waals surface area (Å²) < 4.78 is 47.1. The number of hydrogen-bond donors (Lipinski definition) is 1. The highest BCUT2D eigenvalue weighted by molar-refractivity contribution is 7.85. The van der Waals surface area contributed by atoms with Gasteiger partial charge in [0.05, 0.1) is 6.42 Å². The maximum absolute atomic E-state index is 11.9. The summed E-state index contributed by atoms with van der Waals surface area (Å²) in [6, 6.07) is 0. The van der Waals surface area contributed by atoms with E-state index in [9.17, 15) is 22.2 Å². The fraction of sp³-hybridized carbons (Fsp3) is 0.900. The molecule has 0 spiro atoms. The van der Waals surface area contributed by atoms with E-state index in [1.165, 1.54) is 0 Å². The highest BCUT2D eigenvalue weighted by Crippen LogP contribution is 2.49. The average Bonchev–Trinajstić information content (AvgIpc) is 2.80. The van der Waals surface area contributed by atoms with Crippen molar-refractivity contribution in [2.75, 3.05) is 11.5 Å². The molecule has 1 aliphatic rings. The van der Waals surface area contributed by atoms with Gasteiger partial charge in [0.1, 0.15) is 0 Å². The van der Waals surface area contributed by atoms with Crippen molar-refractivity contribution in [3.05, 3.63) is 0 Å². The van der Waals surface area contributed by atoms with E-state index in [0.717, 1.165) is 0 Å². The number of carboxylic acids is 1. The molecule has 1 rings (SSSR count). The number of aliphatic carboxylic acids is 1. The topological polar surface area (TPSA) is 54.4 Å². The van der Waals surface area contributed by atoms with Crippen molar-refractivity contribution >= 4 is 16.8 Å². The molecule has 1 fully saturated rings. The Morgan fingerprint density at radius 1 is 1.35 bits per heavy atom. The summed E-state index contributed by atoms with van der Waals surface area (Å²) in [7, 11) is -1.34. The van der Waals surface area contributed by atoms with Gasteiger partial charge in [-0.25, -0.2) is 0 Å². The van der Waals surface area contributed by atoms with E-state index >= 15 is 0 Å². The molecular formula is C10H15F3O3S. The van der Waals surface area contributed by atoms with Crippen molar-refractivity contribution in [2.45, 2.75) is 38.3 Å².